The lowest BCUT2D eigenvalue weighted by Crippen LogP contribution is -2.58. The Hall–Kier alpha value is -0.610. The Morgan fingerprint density at radius 2 is 1.95 bits per heavy atom. The summed E-state index contributed by atoms with van der Waals surface area (Å²) < 4.78 is 4.95. The zero-order chi connectivity index (χ0) is 15.1. The largest absolute Gasteiger partial charge is 0.468 e. The highest BCUT2D eigenvalue weighted by atomic mass is 16.5. The summed E-state index contributed by atoms with van der Waals surface area (Å²) >= 11 is 0. The molecule has 0 fully saturated rings. The first-order valence-corrected chi connectivity index (χ1v) is 7.30. The number of ether oxygens (including phenoxy) is 1. The van der Waals surface area contributed by atoms with Crippen LogP contribution in [0.3, 0.4) is 0 Å². The molecule has 2 unspecified atom stereocenters. The van der Waals surface area contributed by atoms with Gasteiger partial charge in [0.2, 0.25) is 0 Å². The van der Waals surface area contributed by atoms with E-state index in [-0.39, 0.29) is 5.97 Å². The third kappa shape index (κ3) is 6.39. The third-order valence-corrected chi connectivity index (χ3v) is 3.53. The first-order valence-electron chi connectivity index (χ1n) is 7.30. The number of hydrogen-bond acceptors (Lipinski definition) is 4. The van der Waals surface area contributed by atoms with Crippen LogP contribution in [0.4, 0.5) is 0 Å². The lowest BCUT2D eigenvalue weighted by molar-refractivity contribution is -0.148. The topological polar surface area (TPSA) is 41.6 Å². The minimum absolute atomic E-state index is 0.190. The van der Waals surface area contributed by atoms with Gasteiger partial charge in [-0.1, -0.05) is 20.8 Å². The molecule has 0 aliphatic rings. The predicted molar refractivity (Wildman–Crippen MR) is 80.3 cm³/mol. The molecule has 0 aromatic heterocycles. The van der Waals surface area contributed by atoms with Gasteiger partial charge < -0.3 is 15.0 Å². The Morgan fingerprint density at radius 3 is 2.37 bits per heavy atom. The predicted octanol–water partition coefficient (Wildman–Crippen LogP) is 2.28. The molecule has 0 aromatic carbocycles. The van der Waals surface area contributed by atoms with Gasteiger partial charge in [0.15, 0.2) is 0 Å². The van der Waals surface area contributed by atoms with E-state index in [4.69, 9.17) is 4.74 Å². The molecule has 19 heavy (non-hydrogen) atoms. The third-order valence-electron chi connectivity index (χ3n) is 3.53. The normalized spacial score (nSPS) is 16.5. The number of methoxy groups -OCH3 is 1. The van der Waals surface area contributed by atoms with Gasteiger partial charge in [-0.15, -0.1) is 0 Å². The fourth-order valence-electron chi connectivity index (χ4n) is 2.34. The Bertz CT molecular complexity index is 269. The lowest BCUT2D eigenvalue weighted by atomic mass is 9.98. The van der Waals surface area contributed by atoms with Crippen LogP contribution in [-0.2, 0) is 9.53 Å². The van der Waals surface area contributed by atoms with Crippen molar-refractivity contribution >= 4 is 5.97 Å². The quantitative estimate of drug-likeness (QED) is 0.654. The fraction of sp³-hybridized carbons (Fsp3) is 0.933. The van der Waals surface area contributed by atoms with E-state index >= 15 is 0 Å². The van der Waals surface area contributed by atoms with E-state index in [0.29, 0.717) is 18.5 Å². The smallest absolute Gasteiger partial charge is 0.327 e. The van der Waals surface area contributed by atoms with Crippen LogP contribution < -0.4 is 5.32 Å². The fourth-order valence-corrected chi connectivity index (χ4v) is 2.34. The highest BCUT2D eigenvalue weighted by molar-refractivity contribution is 5.80. The maximum atomic E-state index is 12.0. The summed E-state index contributed by atoms with van der Waals surface area (Å²) in [6, 6.07) is 0.451. The van der Waals surface area contributed by atoms with E-state index in [0.717, 1.165) is 19.4 Å². The molecule has 0 aromatic rings. The van der Waals surface area contributed by atoms with Crippen molar-refractivity contribution in [2.45, 2.75) is 59.0 Å². The molecule has 0 amide bonds. The van der Waals surface area contributed by atoms with Crippen LogP contribution in [0.1, 0.15) is 47.5 Å². The molecule has 4 heteroatoms. The summed E-state index contributed by atoms with van der Waals surface area (Å²) in [6.07, 6.45) is 2.12. The van der Waals surface area contributed by atoms with E-state index in [2.05, 4.69) is 45.0 Å². The van der Waals surface area contributed by atoms with Crippen LogP contribution in [0.15, 0.2) is 0 Å². The summed E-state index contributed by atoms with van der Waals surface area (Å²) in [7, 11) is 3.52. The molecule has 0 aliphatic heterocycles. The molecule has 114 valence electrons. The maximum Gasteiger partial charge on any atom is 0.327 e. The molecule has 0 heterocycles. The summed E-state index contributed by atoms with van der Waals surface area (Å²) in [5, 5.41) is 3.32. The standard InChI is InChI=1S/C15H32N2O2/c1-8-9-16-15(5,14(18)19-7)11-17(6)13(4)10-12(2)3/h12-13,16H,8-11H2,1-7H3. The number of nitrogens with one attached hydrogen (secondary N) is 1. The van der Waals surface area contributed by atoms with Crippen LogP contribution in [0.25, 0.3) is 0 Å². The first-order chi connectivity index (χ1) is 8.76. The number of carbonyl (C=O) groups is 1. The molecule has 0 spiro atoms. The van der Waals surface area contributed by atoms with Crippen LogP contribution in [0, 0.1) is 5.92 Å². The molecular weight excluding hydrogens is 240 g/mol. The second-order valence-electron chi connectivity index (χ2n) is 6.14. The second kappa shape index (κ2) is 8.54. The molecule has 0 saturated heterocycles. The number of esters is 1. The van der Waals surface area contributed by atoms with E-state index in [1.54, 1.807) is 0 Å². The molecule has 0 radical (unpaired) electrons. The van der Waals surface area contributed by atoms with E-state index in [9.17, 15) is 4.79 Å². The van der Waals surface area contributed by atoms with Gasteiger partial charge >= 0.3 is 5.97 Å². The minimum Gasteiger partial charge on any atom is -0.468 e. The zero-order valence-corrected chi connectivity index (χ0v) is 13.7. The van der Waals surface area contributed by atoms with E-state index in [1.165, 1.54) is 7.11 Å². The maximum absolute atomic E-state index is 12.0. The number of nitrogens with zero attached hydrogens (tertiary/aromatic N) is 1. The average Bonchev–Trinajstić information content (AvgIpc) is 2.34. The Labute approximate surface area is 118 Å². The van der Waals surface area contributed by atoms with Gasteiger partial charge in [-0.05, 0) is 46.2 Å². The summed E-state index contributed by atoms with van der Waals surface area (Å²) in [5.41, 5.74) is -0.634. The molecule has 1 N–H and O–H groups in total. The van der Waals surface area contributed by atoms with Gasteiger partial charge in [-0.2, -0.15) is 0 Å². The van der Waals surface area contributed by atoms with Crippen LogP contribution in [0.5, 0.6) is 0 Å². The van der Waals surface area contributed by atoms with E-state index < -0.39 is 5.54 Å². The number of rotatable bonds is 9. The SMILES string of the molecule is CCCNC(C)(CN(C)C(C)CC(C)C)C(=O)OC. The first kappa shape index (κ1) is 18.4. The van der Waals surface area contributed by atoms with Gasteiger partial charge in [-0.3, -0.25) is 4.79 Å². The van der Waals surface area contributed by atoms with Gasteiger partial charge in [0, 0.05) is 12.6 Å². The van der Waals surface area contributed by atoms with Crippen LogP contribution >= 0.6 is 0 Å². The Kier molecular flexibility index (Phi) is 8.26. The monoisotopic (exact) mass is 272 g/mol. The van der Waals surface area contributed by atoms with Crippen molar-refractivity contribution in [1.29, 1.82) is 0 Å². The molecular formula is C15H32N2O2. The highest BCUT2D eigenvalue weighted by Gasteiger charge is 2.35. The minimum atomic E-state index is -0.634. The lowest BCUT2D eigenvalue weighted by Gasteiger charge is -2.35. The van der Waals surface area contributed by atoms with E-state index in [1.807, 2.05) is 6.92 Å². The zero-order valence-electron chi connectivity index (χ0n) is 13.7. The van der Waals surface area contributed by atoms with Crippen molar-refractivity contribution < 1.29 is 9.53 Å². The van der Waals surface area contributed by atoms with Crippen molar-refractivity contribution in [3.63, 3.8) is 0 Å². The number of hydrogen-bond donors (Lipinski definition) is 1. The molecule has 0 aliphatic carbocycles. The van der Waals surface area contributed by atoms with Crippen molar-refractivity contribution in [3.05, 3.63) is 0 Å². The molecule has 0 saturated carbocycles. The molecule has 2 atom stereocenters. The van der Waals surface area contributed by atoms with Crippen molar-refractivity contribution in [2.24, 2.45) is 5.92 Å². The van der Waals surface area contributed by atoms with Gasteiger partial charge in [0.25, 0.3) is 0 Å². The Balaban J connectivity index is 4.66. The van der Waals surface area contributed by atoms with Crippen LogP contribution in [-0.4, -0.2) is 49.7 Å². The number of carbonyl (C=O) groups excluding carboxylic acids is 1. The number of likely N-dealkylation sites (N-methyl/N-ethyl adjacent to an activating group) is 1. The van der Waals surface area contributed by atoms with Crippen molar-refractivity contribution in [2.75, 3.05) is 27.2 Å². The summed E-state index contributed by atoms with van der Waals surface area (Å²) in [4.78, 5) is 14.2. The molecule has 0 rings (SSSR count). The summed E-state index contributed by atoms with van der Waals surface area (Å²) in [5.74, 6) is 0.468. The highest BCUT2D eigenvalue weighted by Crippen LogP contribution is 2.15. The molecule has 0 bridgehead atoms. The summed E-state index contributed by atoms with van der Waals surface area (Å²) in [6.45, 7) is 12.1. The van der Waals surface area contributed by atoms with Gasteiger partial charge in [0.05, 0.1) is 7.11 Å². The van der Waals surface area contributed by atoms with Crippen LogP contribution in [0.2, 0.25) is 0 Å². The van der Waals surface area contributed by atoms with Crippen molar-refractivity contribution in [3.8, 4) is 0 Å². The van der Waals surface area contributed by atoms with Crippen molar-refractivity contribution in [1.82, 2.24) is 10.2 Å². The molecule has 4 nitrogen and oxygen atoms in total. The second-order valence-corrected chi connectivity index (χ2v) is 6.14. The average molecular weight is 272 g/mol. The van der Waals surface area contributed by atoms with Gasteiger partial charge in [-0.25, -0.2) is 0 Å². The Morgan fingerprint density at radius 1 is 1.37 bits per heavy atom. The van der Waals surface area contributed by atoms with Gasteiger partial charge in [0.1, 0.15) is 5.54 Å².